The summed E-state index contributed by atoms with van der Waals surface area (Å²) in [7, 11) is 1.64. The number of hydrogen-bond donors (Lipinski definition) is 0. The van der Waals surface area contributed by atoms with Crippen LogP contribution in [-0.4, -0.2) is 47.2 Å². The van der Waals surface area contributed by atoms with Crippen molar-refractivity contribution in [1.29, 1.82) is 0 Å². The maximum Gasteiger partial charge on any atom is 0.229 e. The van der Waals surface area contributed by atoms with E-state index in [9.17, 15) is 4.79 Å². The zero-order valence-electron chi connectivity index (χ0n) is 16.1. The minimum Gasteiger partial charge on any atom is -0.493 e. The van der Waals surface area contributed by atoms with Crippen LogP contribution in [0.1, 0.15) is 37.1 Å². The lowest BCUT2D eigenvalue weighted by atomic mass is 9.92. The molecule has 2 aliphatic rings. The standard InChI is InChI=1S/C21H27N3O3/c1-3-23-12-9-22-20(23)15-7-10-24(11-8-15)21(25)17-13-16-5-4-6-18(26-2)19(16)27-14-17/h4-6,9,12,15,17H,3,7-8,10-11,13-14H2,1-2H3/t17-/m0/s1. The van der Waals surface area contributed by atoms with Crippen molar-refractivity contribution in [3.8, 4) is 11.5 Å². The van der Waals surface area contributed by atoms with Crippen molar-refractivity contribution in [1.82, 2.24) is 14.5 Å². The highest BCUT2D eigenvalue weighted by molar-refractivity contribution is 5.80. The minimum absolute atomic E-state index is 0.112. The lowest BCUT2D eigenvalue weighted by molar-refractivity contribution is -0.138. The third-order valence-electron chi connectivity index (χ3n) is 5.78. The van der Waals surface area contributed by atoms with E-state index in [0.29, 0.717) is 18.9 Å². The quantitative estimate of drug-likeness (QED) is 0.832. The summed E-state index contributed by atoms with van der Waals surface area (Å²) in [4.78, 5) is 19.6. The highest BCUT2D eigenvalue weighted by Gasteiger charge is 2.33. The van der Waals surface area contributed by atoms with E-state index >= 15 is 0 Å². The van der Waals surface area contributed by atoms with E-state index in [0.717, 1.165) is 55.4 Å². The van der Waals surface area contributed by atoms with Crippen LogP contribution in [0.3, 0.4) is 0 Å². The Morgan fingerprint density at radius 1 is 1.33 bits per heavy atom. The first kappa shape index (κ1) is 17.9. The Morgan fingerprint density at radius 3 is 2.89 bits per heavy atom. The van der Waals surface area contributed by atoms with Crippen LogP contribution in [0.15, 0.2) is 30.6 Å². The molecule has 0 unspecified atom stereocenters. The van der Waals surface area contributed by atoms with Crippen molar-refractivity contribution in [2.45, 2.75) is 38.6 Å². The van der Waals surface area contributed by atoms with E-state index in [1.54, 1.807) is 7.11 Å². The molecule has 0 spiro atoms. The Labute approximate surface area is 160 Å². The number of aromatic nitrogens is 2. The van der Waals surface area contributed by atoms with Gasteiger partial charge >= 0.3 is 0 Å². The van der Waals surface area contributed by atoms with Crippen LogP contribution in [-0.2, 0) is 17.8 Å². The number of amides is 1. The van der Waals surface area contributed by atoms with E-state index in [1.807, 2.05) is 35.5 Å². The first-order chi connectivity index (χ1) is 13.2. The molecule has 0 saturated carbocycles. The molecule has 0 bridgehead atoms. The van der Waals surface area contributed by atoms with Gasteiger partial charge in [-0.05, 0) is 37.8 Å². The number of benzene rings is 1. The van der Waals surface area contributed by atoms with E-state index in [-0.39, 0.29) is 11.8 Å². The minimum atomic E-state index is -0.112. The van der Waals surface area contributed by atoms with Gasteiger partial charge in [0, 0.05) is 37.9 Å². The number of imidazole rings is 1. The Balaban J connectivity index is 1.38. The number of piperidine rings is 1. The summed E-state index contributed by atoms with van der Waals surface area (Å²) in [5.74, 6) is 3.22. The van der Waals surface area contributed by atoms with Crippen LogP contribution in [0.25, 0.3) is 0 Å². The van der Waals surface area contributed by atoms with E-state index in [4.69, 9.17) is 9.47 Å². The van der Waals surface area contributed by atoms with Crippen molar-refractivity contribution < 1.29 is 14.3 Å². The Morgan fingerprint density at radius 2 is 2.15 bits per heavy atom. The summed E-state index contributed by atoms with van der Waals surface area (Å²) in [5.41, 5.74) is 1.05. The molecule has 1 atom stereocenters. The Bertz CT molecular complexity index is 809. The molecule has 2 aliphatic heterocycles. The molecule has 1 aromatic carbocycles. The predicted molar refractivity (Wildman–Crippen MR) is 102 cm³/mol. The first-order valence-electron chi connectivity index (χ1n) is 9.79. The lowest BCUT2D eigenvalue weighted by Crippen LogP contribution is -2.44. The van der Waals surface area contributed by atoms with Gasteiger partial charge in [-0.1, -0.05) is 12.1 Å². The van der Waals surface area contributed by atoms with Crippen LogP contribution in [0.2, 0.25) is 0 Å². The van der Waals surface area contributed by atoms with Crippen LogP contribution in [0.5, 0.6) is 11.5 Å². The number of rotatable bonds is 4. The number of carbonyl (C=O) groups excluding carboxylic acids is 1. The van der Waals surface area contributed by atoms with Crippen LogP contribution >= 0.6 is 0 Å². The second-order valence-electron chi connectivity index (χ2n) is 7.33. The number of ether oxygens (including phenoxy) is 2. The third-order valence-corrected chi connectivity index (χ3v) is 5.78. The molecule has 0 radical (unpaired) electrons. The number of likely N-dealkylation sites (tertiary alicyclic amines) is 1. The summed E-state index contributed by atoms with van der Waals surface area (Å²) in [6.45, 7) is 5.09. The summed E-state index contributed by atoms with van der Waals surface area (Å²) < 4.78 is 13.5. The zero-order chi connectivity index (χ0) is 18.8. The second kappa shape index (κ2) is 7.62. The summed E-state index contributed by atoms with van der Waals surface area (Å²) in [6.07, 6.45) is 6.58. The lowest BCUT2D eigenvalue weighted by Gasteiger charge is -2.35. The number of methoxy groups -OCH3 is 1. The molecule has 1 aromatic heterocycles. The maximum absolute atomic E-state index is 13.0. The summed E-state index contributed by atoms with van der Waals surface area (Å²) in [6, 6.07) is 5.87. The molecule has 6 nitrogen and oxygen atoms in total. The van der Waals surface area contributed by atoms with Gasteiger partial charge in [-0.3, -0.25) is 4.79 Å². The molecule has 6 heteroatoms. The molecule has 144 valence electrons. The number of aryl methyl sites for hydroxylation is 1. The molecule has 1 amide bonds. The number of fused-ring (bicyclic) bond motifs is 1. The first-order valence-corrected chi connectivity index (χ1v) is 9.79. The number of nitrogens with zero attached hydrogens (tertiary/aromatic N) is 3. The van der Waals surface area contributed by atoms with Crippen molar-refractivity contribution in [2.24, 2.45) is 5.92 Å². The Kier molecular flexibility index (Phi) is 5.05. The SMILES string of the molecule is CCn1ccnc1C1CCN(C(=O)[C@@H]2COc3c(cccc3OC)C2)CC1. The molecule has 1 saturated heterocycles. The van der Waals surface area contributed by atoms with Gasteiger partial charge < -0.3 is 18.9 Å². The van der Waals surface area contributed by atoms with Gasteiger partial charge in [0.2, 0.25) is 5.91 Å². The molecular formula is C21H27N3O3. The van der Waals surface area contributed by atoms with Gasteiger partial charge in [-0.25, -0.2) is 4.98 Å². The van der Waals surface area contributed by atoms with Gasteiger partial charge in [0.15, 0.2) is 11.5 Å². The smallest absolute Gasteiger partial charge is 0.229 e. The van der Waals surface area contributed by atoms with E-state index in [2.05, 4.69) is 16.5 Å². The van der Waals surface area contributed by atoms with Gasteiger partial charge in [0.25, 0.3) is 0 Å². The van der Waals surface area contributed by atoms with Gasteiger partial charge in [0.1, 0.15) is 12.4 Å². The average Bonchev–Trinajstić information content (AvgIpc) is 3.21. The number of carbonyl (C=O) groups is 1. The normalized spacial score (nSPS) is 20.1. The van der Waals surface area contributed by atoms with E-state index in [1.165, 1.54) is 0 Å². The Hall–Kier alpha value is -2.50. The van der Waals surface area contributed by atoms with Crippen LogP contribution < -0.4 is 9.47 Å². The molecular weight excluding hydrogens is 342 g/mol. The molecule has 27 heavy (non-hydrogen) atoms. The highest BCUT2D eigenvalue weighted by Crippen LogP contribution is 2.37. The van der Waals surface area contributed by atoms with Crippen LogP contribution in [0.4, 0.5) is 0 Å². The molecule has 3 heterocycles. The second-order valence-corrected chi connectivity index (χ2v) is 7.33. The third kappa shape index (κ3) is 3.40. The van der Waals surface area contributed by atoms with Crippen LogP contribution in [0, 0.1) is 5.92 Å². The van der Waals surface area contributed by atoms with Gasteiger partial charge in [0.05, 0.1) is 13.0 Å². The highest BCUT2D eigenvalue weighted by atomic mass is 16.5. The maximum atomic E-state index is 13.0. The van der Waals surface area contributed by atoms with Gasteiger partial charge in [-0.2, -0.15) is 0 Å². The molecule has 2 aromatic rings. The number of para-hydroxylation sites is 1. The molecule has 0 N–H and O–H groups in total. The summed E-state index contributed by atoms with van der Waals surface area (Å²) >= 11 is 0. The molecule has 4 rings (SSSR count). The largest absolute Gasteiger partial charge is 0.493 e. The number of hydrogen-bond acceptors (Lipinski definition) is 4. The predicted octanol–water partition coefficient (Wildman–Crippen LogP) is 2.87. The van der Waals surface area contributed by atoms with Crippen molar-refractivity contribution in [2.75, 3.05) is 26.8 Å². The van der Waals surface area contributed by atoms with Gasteiger partial charge in [-0.15, -0.1) is 0 Å². The fourth-order valence-corrected chi connectivity index (χ4v) is 4.28. The van der Waals surface area contributed by atoms with Crippen molar-refractivity contribution in [3.05, 3.63) is 42.0 Å². The van der Waals surface area contributed by atoms with E-state index < -0.39 is 0 Å². The average molecular weight is 369 g/mol. The topological polar surface area (TPSA) is 56.6 Å². The fourth-order valence-electron chi connectivity index (χ4n) is 4.28. The fraction of sp³-hybridized carbons (Fsp3) is 0.524. The molecule has 1 fully saturated rings. The van der Waals surface area contributed by atoms with Crippen molar-refractivity contribution in [3.63, 3.8) is 0 Å². The molecule has 0 aliphatic carbocycles. The van der Waals surface area contributed by atoms with Crippen molar-refractivity contribution >= 4 is 5.91 Å². The zero-order valence-corrected chi connectivity index (χ0v) is 16.1. The monoisotopic (exact) mass is 369 g/mol. The summed E-state index contributed by atoms with van der Waals surface area (Å²) in [5, 5.41) is 0.